The van der Waals surface area contributed by atoms with Crippen LogP contribution in [0.15, 0.2) is 58.2 Å². The molecule has 0 spiro atoms. The van der Waals surface area contributed by atoms with Gasteiger partial charge in [-0.25, -0.2) is 4.68 Å². The molecule has 0 bridgehead atoms. The zero-order valence-electron chi connectivity index (χ0n) is 17.1. The fourth-order valence-electron chi connectivity index (χ4n) is 4.05. The summed E-state index contributed by atoms with van der Waals surface area (Å²) >= 11 is 0. The van der Waals surface area contributed by atoms with E-state index < -0.39 is 10.1 Å². The summed E-state index contributed by atoms with van der Waals surface area (Å²) in [5.41, 5.74) is 0.732. The van der Waals surface area contributed by atoms with Gasteiger partial charge < -0.3 is 4.18 Å². The molecule has 0 amide bonds. The third-order valence-corrected chi connectivity index (χ3v) is 7.03. The molecule has 0 unspecified atom stereocenters. The summed E-state index contributed by atoms with van der Waals surface area (Å²) in [6, 6.07) is 13.3. The maximum atomic E-state index is 12.9. The molecule has 7 heteroatoms. The Labute approximate surface area is 176 Å². The second kappa shape index (κ2) is 8.60. The average molecular weight is 427 g/mol. The molecule has 1 fully saturated rings. The lowest BCUT2D eigenvalue weighted by Crippen LogP contribution is -2.26. The van der Waals surface area contributed by atoms with Crippen LogP contribution in [0.3, 0.4) is 0 Å². The summed E-state index contributed by atoms with van der Waals surface area (Å²) in [7, 11) is -4.06. The lowest BCUT2D eigenvalue weighted by molar-refractivity contribution is 0.314. The molecule has 1 aliphatic carbocycles. The first-order valence-electron chi connectivity index (χ1n) is 10.4. The fraction of sp³-hybridized carbons (Fsp3) is 0.391. The molecule has 0 aliphatic heterocycles. The third kappa shape index (κ3) is 4.41. The summed E-state index contributed by atoms with van der Waals surface area (Å²) in [5, 5.41) is 5.12. The summed E-state index contributed by atoms with van der Waals surface area (Å²) in [5.74, 6) is 0.522. The van der Waals surface area contributed by atoms with Crippen molar-refractivity contribution in [2.24, 2.45) is 5.92 Å². The highest BCUT2D eigenvalue weighted by Gasteiger charge is 2.21. The molecule has 1 heterocycles. The van der Waals surface area contributed by atoms with Gasteiger partial charge in [-0.05, 0) is 43.5 Å². The molecule has 0 saturated heterocycles. The van der Waals surface area contributed by atoms with Gasteiger partial charge in [-0.1, -0.05) is 61.9 Å². The van der Waals surface area contributed by atoms with E-state index >= 15 is 0 Å². The number of hydrogen-bond acceptors (Lipinski definition) is 5. The Morgan fingerprint density at radius 2 is 1.67 bits per heavy atom. The molecular weight excluding hydrogens is 400 g/mol. The molecule has 0 radical (unpaired) electrons. The fourth-order valence-corrected chi connectivity index (χ4v) is 4.95. The van der Waals surface area contributed by atoms with Crippen molar-refractivity contribution in [2.45, 2.75) is 56.9 Å². The first-order valence-corrected chi connectivity index (χ1v) is 11.9. The van der Waals surface area contributed by atoms with Gasteiger partial charge in [0.2, 0.25) is 0 Å². The van der Waals surface area contributed by atoms with Crippen molar-refractivity contribution < 1.29 is 12.6 Å². The third-order valence-electron chi connectivity index (χ3n) is 5.81. The van der Waals surface area contributed by atoms with Gasteiger partial charge in [0, 0.05) is 6.54 Å². The lowest BCUT2D eigenvalue weighted by atomic mass is 9.87. The van der Waals surface area contributed by atoms with E-state index in [2.05, 4.69) is 5.10 Å². The van der Waals surface area contributed by atoms with Crippen LogP contribution >= 0.6 is 0 Å². The summed E-state index contributed by atoms with van der Waals surface area (Å²) in [4.78, 5) is 13.0. The molecule has 30 heavy (non-hydrogen) atoms. The van der Waals surface area contributed by atoms with Crippen LogP contribution in [-0.4, -0.2) is 18.2 Å². The molecule has 1 aromatic heterocycles. The van der Waals surface area contributed by atoms with E-state index in [0.29, 0.717) is 23.2 Å². The molecule has 4 rings (SSSR count). The Balaban J connectivity index is 1.68. The zero-order valence-corrected chi connectivity index (χ0v) is 17.9. The lowest BCUT2D eigenvalue weighted by Gasteiger charge is -2.21. The molecule has 3 aromatic rings. The number of hydrogen-bond donors (Lipinski definition) is 0. The molecule has 158 valence electrons. The standard InChI is InChI=1S/C23H26N2O4S/c1-17-11-13-19(14-12-17)30(27,28)29-22-20-9-5-6-10-21(20)23(26)25(24-22)16-15-18-7-3-2-4-8-18/h5-6,9-14,18H,2-4,7-8,15-16H2,1H3. The normalized spacial score (nSPS) is 15.4. The minimum absolute atomic E-state index is 0.0546. The number of aromatic nitrogens is 2. The monoisotopic (exact) mass is 426 g/mol. The van der Waals surface area contributed by atoms with Gasteiger partial charge in [0.15, 0.2) is 0 Å². The highest BCUT2D eigenvalue weighted by molar-refractivity contribution is 7.87. The Bertz CT molecular complexity index is 1190. The van der Waals surface area contributed by atoms with E-state index in [0.717, 1.165) is 12.0 Å². The second-order valence-corrected chi connectivity index (χ2v) is 9.57. The second-order valence-electron chi connectivity index (χ2n) is 8.02. The Morgan fingerprint density at radius 3 is 2.37 bits per heavy atom. The van der Waals surface area contributed by atoms with E-state index in [-0.39, 0.29) is 16.3 Å². The van der Waals surface area contributed by atoms with Crippen LogP contribution in [0.5, 0.6) is 5.88 Å². The SMILES string of the molecule is Cc1ccc(S(=O)(=O)Oc2nn(CCC3CCCCC3)c(=O)c3ccccc23)cc1. The summed E-state index contributed by atoms with van der Waals surface area (Å²) in [6.07, 6.45) is 6.94. The average Bonchev–Trinajstić information content (AvgIpc) is 2.76. The van der Waals surface area contributed by atoms with Gasteiger partial charge in [-0.2, -0.15) is 8.42 Å². The number of aryl methyl sites for hydroxylation is 2. The molecule has 6 nitrogen and oxygen atoms in total. The van der Waals surface area contributed by atoms with Crippen molar-refractivity contribution in [1.29, 1.82) is 0 Å². The minimum atomic E-state index is -4.06. The van der Waals surface area contributed by atoms with Gasteiger partial charge >= 0.3 is 10.1 Å². The van der Waals surface area contributed by atoms with Gasteiger partial charge in [0.1, 0.15) is 4.90 Å². The highest BCUT2D eigenvalue weighted by atomic mass is 32.2. The first kappa shape index (κ1) is 20.6. The van der Waals surface area contributed by atoms with Crippen LogP contribution in [0.2, 0.25) is 0 Å². The molecule has 1 saturated carbocycles. The van der Waals surface area contributed by atoms with Crippen LogP contribution in [0.4, 0.5) is 0 Å². The van der Waals surface area contributed by atoms with Gasteiger partial charge in [-0.3, -0.25) is 4.79 Å². The number of rotatable bonds is 6. The van der Waals surface area contributed by atoms with Crippen LogP contribution in [-0.2, 0) is 16.7 Å². The van der Waals surface area contributed by atoms with Crippen molar-refractivity contribution in [3.8, 4) is 5.88 Å². The molecule has 0 N–H and O–H groups in total. The highest BCUT2D eigenvalue weighted by Crippen LogP contribution is 2.27. The molecule has 0 atom stereocenters. The minimum Gasteiger partial charge on any atom is -0.356 e. The number of benzene rings is 2. The Kier molecular flexibility index (Phi) is 5.90. The van der Waals surface area contributed by atoms with Gasteiger partial charge in [-0.15, -0.1) is 5.10 Å². The van der Waals surface area contributed by atoms with Crippen LogP contribution in [0.1, 0.15) is 44.1 Å². The largest absolute Gasteiger partial charge is 0.356 e. The van der Waals surface area contributed by atoms with Crippen molar-refractivity contribution in [1.82, 2.24) is 9.78 Å². The van der Waals surface area contributed by atoms with Gasteiger partial charge in [0.05, 0.1) is 10.8 Å². The van der Waals surface area contributed by atoms with Crippen LogP contribution < -0.4 is 9.74 Å². The number of fused-ring (bicyclic) bond motifs is 1. The predicted molar refractivity (Wildman–Crippen MR) is 116 cm³/mol. The molecular formula is C23H26N2O4S. The van der Waals surface area contributed by atoms with Crippen molar-refractivity contribution in [3.63, 3.8) is 0 Å². The molecule has 2 aromatic carbocycles. The van der Waals surface area contributed by atoms with Crippen molar-refractivity contribution in [3.05, 3.63) is 64.4 Å². The van der Waals surface area contributed by atoms with Crippen molar-refractivity contribution >= 4 is 20.9 Å². The quantitative estimate of drug-likeness (QED) is 0.545. The van der Waals surface area contributed by atoms with E-state index in [9.17, 15) is 13.2 Å². The number of nitrogens with zero attached hydrogens (tertiary/aromatic N) is 2. The van der Waals surface area contributed by atoms with Crippen molar-refractivity contribution in [2.75, 3.05) is 0 Å². The zero-order chi connectivity index (χ0) is 21.1. The maximum absolute atomic E-state index is 12.9. The smallest absolute Gasteiger partial charge is 0.340 e. The van der Waals surface area contributed by atoms with Gasteiger partial charge in [0.25, 0.3) is 11.4 Å². The van der Waals surface area contributed by atoms with E-state index in [1.54, 1.807) is 36.4 Å². The maximum Gasteiger partial charge on any atom is 0.340 e. The van der Waals surface area contributed by atoms with E-state index in [4.69, 9.17) is 4.18 Å². The van der Waals surface area contributed by atoms with Crippen LogP contribution in [0, 0.1) is 12.8 Å². The summed E-state index contributed by atoms with van der Waals surface area (Å²) < 4.78 is 32.4. The Morgan fingerprint density at radius 1 is 1.00 bits per heavy atom. The summed E-state index contributed by atoms with van der Waals surface area (Å²) in [6.45, 7) is 2.34. The predicted octanol–water partition coefficient (Wildman–Crippen LogP) is 4.44. The van der Waals surface area contributed by atoms with Crippen LogP contribution in [0.25, 0.3) is 10.8 Å². The van der Waals surface area contributed by atoms with E-state index in [1.165, 1.54) is 48.9 Å². The topological polar surface area (TPSA) is 78.3 Å². The molecule has 1 aliphatic rings. The van der Waals surface area contributed by atoms with E-state index in [1.807, 2.05) is 6.92 Å². The first-order chi connectivity index (χ1) is 14.4. The Hall–Kier alpha value is -2.67.